The molecule has 0 rings (SSSR count). The van der Waals surface area contributed by atoms with Gasteiger partial charge in [-0.3, -0.25) is 0 Å². The maximum atomic E-state index is 9.25. The highest BCUT2D eigenvalue weighted by atomic mass is 16.5. The number of nitrogens with one attached hydrogen (secondary N) is 1. The van der Waals surface area contributed by atoms with Crippen molar-refractivity contribution in [2.24, 2.45) is 0 Å². The molecule has 3 nitrogen and oxygen atoms in total. The Morgan fingerprint density at radius 2 is 1.87 bits per heavy atom. The zero-order valence-electron chi connectivity index (χ0n) is 10.5. The summed E-state index contributed by atoms with van der Waals surface area (Å²) in [6.45, 7) is 9.05. The molecule has 0 saturated heterocycles. The van der Waals surface area contributed by atoms with Gasteiger partial charge in [-0.15, -0.1) is 0 Å². The molecule has 3 heteroatoms. The number of unbranched alkanes of at least 4 members (excludes halogenated alkanes) is 1. The summed E-state index contributed by atoms with van der Waals surface area (Å²) in [7, 11) is 0. The number of aliphatic hydroxyl groups excluding tert-OH is 1. The fourth-order valence-corrected chi connectivity index (χ4v) is 1.56. The van der Waals surface area contributed by atoms with Crippen molar-refractivity contribution >= 4 is 0 Å². The summed E-state index contributed by atoms with van der Waals surface area (Å²) >= 11 is 0. The Morgan fingerprint density at radius 1 is 1.20 bits per heavy atom. The molecule has 0 aliphatic carbocycles. The molecule has 0 heterocycles. The Kier molecular flexibility index (Phi) is 9.06. The van der Waals surface area contributed by atoms with Crippen LogP contribution < -0.4 is 5.32 Å². The second-order valence-electron chi connectivity index (χ2n) is 4.32. The molecule has 0 aromatic carbocycles. The summed E-state index contributed by atoms with van der Waals surface area (Å²) in [6, 6.07) is 0. The van der Waals surface area contributed by atoms with E-state index in [9.17, 15) is 5.11 Å². The van der Waals surface area contributed by atoms with E-state index in [1.54, 1.807) is 0 Å². The third-order valence-corrected chi connectivity index (χ3v) is 2.61. The monoisotopic (exact) mass is 217 g/mol. The maximum Gasteiger partial charge on any atom is 0.0610 e. The van der Waals surface area contributed by atoms with Crippen LogP contribution in [0.2, 0.25) is 0 Å². The number of rotatable bonds is 10. The average molecular weight is 217 g/mol. The summed E-state index contributed by atoms with van der Waals surface area (Å²) < 4.78 is 5.48. The lowest BCUT2D eigenvalue weighted by molar-refractivity contribution is 0.108. The molecule has 0 aromatic rings. The van der Waals surface area contributed by atoms with Crippen molar-refractivity contribution < 1.29 is 9.84 Å². The summed E-state index contributed by atoms with van der Waals surface area (Å²) in [6.07, 6.45) is 4.30. The molecule has 1 unspecified atom stereocenters. The molecule has 92 valence electrons. The lowest BCUT2D eigenvalue weighted by atomic mass is 9.97. The van der Waals surface area contributed by atoms with E-state index in [-0.39, 0.29) is 12.1 Å². The van der Waals surface area contributed by atoms with Gasteiger partial charge in [0.2, 0.25) is 0 Å². The van der Waals surface area contributed by atoms with Gasteiger partial charge in [-0.1, -0.05) is 20.3 Å². The Hall–Kier alpha value is -0.120. The van der Waals surface area contributed by atoms with E-state index in [0.29, 0.717) is 0 Å². The molecular weight excluding hydrogens is 190 g/mol. The number of hydrogen-bond acceptors (Lipinski definition) is 3. The third-order valence-electron chi connectivity index (χ3n) is 2.61. The van der Waals surface area contributed by atoms with Crippen molar-refractivity contribution in [3.8, 4) is 0 Å². The lowest BCUT2D eigenvalue weighted by Crippen LogP contribution is -2.45. The average Bonchev–Trinajstić information content (AvgIpc) is 2.24. The first-order valence-electron chi connectivity index (χ1n) is 6.12. The molecule has 0 fully saturated rings. The van der Waals surface area contributed by atoms with Gasteiger partial charge in [-0.2, -0.15) is 0 Å². The van der Waals surface area contributed by atoms with Crippen LogP contribution in [0.1, 0.15) is 46.5 Å². The predicted octanol–water partition coefficient (Wildman–Crippen LogP) is 1.94. The summed E-state index contributed by atoms with van der Waals surface area (Å²) in [5, 5.41) is 12.6. The summed E-state index contributed by atoms with van der Waals surface area (Å²) in [4.78, 5) is 0. The summed E-state index contributed by atoms with van der Waals surface area (Å²) in [5.74, 6) is 0. The highest BCUT2D eigenvalue weighted by Gasteiger charge is 2.20. The van der Waals surface area contributed by atoms with Gasteiger partial charge in [0.15, 0.2) is 0 Å². The Balaban J connectivity index is 3.46. The largest absolute Gasteiger partial charge is 0.394 e. The van der Waals surface area contributed by atoms with Gasteiger partial charge in [0.1, 0.15) is 0 Å². The van der Waals surface area contributed by atoms with Crippen molar-refractivity contribution in [2.45, 2.75) is 52.0 Å². The molecule has 0 amide bonds. The van der Waals surface area contributed by atoms with Crippen molar-refractivity contribution in [3.05, 3.63) is 0 Å². The standard InChI is InChI=1S/C12H27NO2/c1-4-6-9-15-10-7-8-12(3,11-14)13-5-2/h13-14H,4-11H2,1-3H3. The van der Waals surface area contributed by atoms with Gasteiger partial charge in [-0.25, -0.2) is 0 Å². The second-order valence-corrected chi connectivity index (χ2v) is 4.32. The molecule has 0 radical (unpaired) electrons. The topological polar surface area (TPSA) is 41.5 Å². The molecule has 0 spiro atoms. The van der Waals surface area contributed by atoms with E-state index in [1.165, 1.54) is 6.42 Å². The lowest BCUT2D eigenvalue weighted by Gasteiger charge is -2.28. The fourth-order valence-electron chi connectivity index (χ4n) is 1.56. The van der Waals surface area contributed by atoms with Crippen LogP contribution in [0.4, 0.5) is 0 Å². The van der Waals surface area contributed by atoms with Crippen LogP contribution in [0.5, 0.6) is 0 Å². The fraction of sp³-hybridized carbons (Fsp3) is 1.00. The van der Waals surface area contributed by atoms with E-state index in [1.807, 2.05) is 0 Å². The van der Waals surface area contributed by atoms with E-state index >= 15 is 0 Å². The van der Waals surface area contributed by atoms with Gasteiger partial charge in [0, 0.05) is 18.8 Å². The minimum Gasteiger partial charge on any atom is -0.394 e. The van der Waals surface area contributed by atoms with Crippen LogP contribution in [0.15, 0.2) is 0 Å². The van der Waals surface area contributed by atoms with Crippen molar-refractivity contribution in [3.63, 3.8) is 0 Å². The van der Waals surface area contributed by atoms with E-state index in [2.05, 4.69) is 26.1 Å². The zero-order chi connectivity index (χ0) is 11.6. The molecule has 0 aromatic heterocycles. The molecule has 15 heavy (non-hydrogen) atoms. The Labute approximate surface area is 94.2 Å². The molecule has 0 saturated carbocycles. The highest BCUT2D eigenvalue weighted by molar-refractivity contribution is 4.81. The smallest absolute Gasteiger partial charge is 0.0610 e. The Bertz CT molecular complexity index is 142. The quantitative estimate of drug-likeness (QED) is 0.550. The van der Waals surface area contributed by atoms with Crippen molar-refractivity contribution in [1.29, 1.82) is 0 Å². The highest BCUT2D eigenvalue weighted by Crippen LogP contribution is 2.11. The van der Waals surface area contributed by atoms with E-state index < -0.39 is 0 Å². The van der Waals surface area contributed by atoms with Gasteiger partial charge in [0.05, 0.1) is 6.61 Å². The van der Waals surface area contributed by atoms with Gasteiger partial charge in [0.25, 0.3) is 0 Å². The van der Waals surface area contributed by atoms with Gasteiger partial charge >= 0.3 is 0 Å². The molecule has 0 bridgehead atoms. The van der Waals surface area contributed by atoms with Crippen LogP contribution in [0.3, 0.4) is 0 Å². The number of aliphatic hydroxyl groups is 1. The first-order valence-corrected chi connectivity index (χ1v) is 6.12. The second kappa shape index (κ2) is 9.13. The van der Waals surface area contributed by atoms with Crippen LogP contribution in [0.25, 0.3) is 0 Å². The van der Waals surface area contributed by atoms with Gasteiger partial charge in [-0.05, 0) is 32.7 Å². The van der Waals surface area contributed by atoms with Crippen LogP contribution in [-0.4, -0.2) is 37.0 Å². The number of hydrogen-bond donors (Lipinski definition) is 2. The first-order chi connectivity index (χ1) is 7.18. The predicted molar refractivity (Wildman–Crippen MR) is 64.1 cm³/mol. The maximum absolute atomic E-state index is 9.25. The third kappa shape index (κ3) is 7.77. The number of likely N-dealkylation sites (N-methyl/N-ethyl adjacent to an activating group) is 1. The van der Waals surface area contributed by atoms with E-state index in [0.717, 1.165) is 39.0 Å². The minimum atomic E-state index is -0.136. The molecule has 0 aliphatic rings. The van der Waals surface area contributed by atoms with Crippen LogP contribution >= 0.6 is 0 Å². The SMILES string of the molecule is CCCCOCCCC(C)(CO)NCC. The molecule has 1 atom stereocenters. The zero-order valence-corrected chi connectivity index (χ0v) is 10.5. The normalized spacial score (nSPS) is 15.2. The van der Waals surface area contributed by atoms with Crippen LogP contribution in [0, 0.1) is 0 Å². The summed E-state index contributed by atoms with van der Waals surface area (Å²) in [5.41, 5.74) is -0.136. The van der Waals surface area contributed by atoms with Crippen molar-refractivity contribution in [1.82, 2.24) is 5.32 Å². The molecule has 0 aliphatic heterocycles. The van der Waals surface area contributed by atoms with Crippen LogP contribution in [-0.2, 0) is 4.74 Å². The van der Waals surface area contributed by atoms with E-state index in [4.69, 9.17) is 4.74 Å². The number of ether oxygens (including phenoxy) is 1. The minimum absolute atomic E-state index is 0.136. The van der Waals surface area contributed by atoms with Gasteiger partial charge < -0.3 is 15.2 Å². The molecular formula is C12H27NO2. The first kappa shape index (κ1) is 14.9. The van der Waals surface area contributed by atoms with Crippen molar-refractivity contribution in [2.75, 3.05) is 26.4 Å². The molecule has 2 N–H and O–H groups in total. The Morgan fingerprint density at radius 3 is 2.40 bits per heavy atom.